The van der Waals surface area contributed by atoms with Gasteiger partial charge in [-0.3, -0.25) is 0 Å². The summed E-state index contributed by atoms with van der Waals surface area (Å²) in [4.78, 5) is 10.3. The largest absolute Gasteiger partial charge is 0.378 e. The first-order valence-electron chi connectivity index (χ1n) is 5.85. The third kappa shape index (κ3) is 3.26. The highest BCUT2D eigenvalue weighted by molar-refractivity contribution is 6.32. The van der Waals surface area contributed by atoms with E-state index in [0.29, 0.717) is 16.8 Å². The number of benzene rings is 1. The molecule has 0 amide bonds. The van der Waals surface area contributed by atoms with Gasteiger partial charge in [-0.25, -0.2) is 4.98 Å². The molecule has 2 rings (SSSR count). The number of nitrogens with one attached hydrogen (secondary N) is 2. The van der Waals surface area contributed by atoms with Crippen molar-refractivity contribution in [2.24, 2.45) is 0 Å². The van der Waals surface area contributed by atoms with E-state index in [2.05, 4.69) is 20.6 Å². The van der Waals surface area contributed by atoms with Gasteiger partial charge in [0, 0.05) is 32.5 Å². The van der Waals surface area contributed by atoms with Crippen LogP contribution < -0.4 is 15.5 Å². The second-order valence-electron chi connectivity index (χ2n) is 4.21. The molecule has 0 aliphatic heterocycles. The number of nitrogens with zero attached hydrogens (tertiary/aromatic N) is 3. The van der Waals surface area contributed by atoms with Crippen LogP contribution >= 0.6 is 11.6 Å². The molecule has 0 saturated carbocycles. The van der Waals surface area contributed by atoms with Crippen LogP contribution in [0.5, 0.6) is 0 Å². The van der Waals surface area contributed by atoms with E-state index < -0.39 is 0 Å². The van der Waals surface area contributed by atoms with E-state index in [0.717, 1.165) is 11.4 Å². The first-order valence-corrected chi connectivity index (χ1v) is 6.22. The predicted octanol–water partition coefficient (Wildman–Crippen LogP) is 2.98. The van der Waals surface area contributed by atoms with Crippen molar-refractivity contribution in [3.8, 4) is 0 Å². The molecule has 0 fully saturated rings. The Bertz CT molecular complexity index is 553. The van der Waals surface area contributed by atoms with Gasteiger partial charge in [0.15, 0.2) is 5.82 Å². The maximum absolute atomic E-state index is 6.06. The molecule has 0 aliphatic rings. The molecule has 1 aromatic heterocycles. The molecule has 5 nitrogen and oxygen atoms in total. The second-order valence-corrected chi connectivity index (χ2v) is 4.61. The van der Waals surface area contributed by atoms with Crippen molar-refractivity contribution in [2.45, 2.75) is 0 Å². The zero-order valence-electron chi connectivity index (χ0n) is 11.1. The number of hydrogen-bond donors (Lipinski definition) is 2. The summed E-state index contributed by atoms with van der Waals surface area (Å²) in [6.45, 7) is 0. The van der Waals surface area contributed by atoms with Crippen LogP contribution in [0, 0.1) is 0 Å². The van der Waals surface area contributed by atoms with Gasteiger partial charge in [0.25, 0.3) is 0 Å². The van der Waals surface area contributed by atoms with Crippen molar-refractivity contribution in [1.29, 1.82) is 0 Å². The van der Waals surface area contributed by atoms with Gasteiger partial charge in [-0.05, 0) is 24.3 Å². The number of halogens is 1. The van der Waals surface area contributed by atoms with Crippen molar-refractivity contribution in [1.82, 2.24) is 9.97 Å². The molecule has 0 atom stereocenters. The van der Waals surface area contributed by atoms with Gasteiger partial charge in [0.05, 0.1) is 6.20 Å². The van der Waals surface area contributed by atoms with Gasteiger partial charge < -0.3 is 15.5 Å². The third-order valence-corrected chi connectivity index (χ3v) is 2.89. The molecular weight excluding hydrogens is 262 g/mol. The SMILES string of the molecule is CNc1ncc(Cl)c(Nc2ccc(N(C)C)cc2)n1. The Morgan fingerprint density at radius 1 is 1.16 bits per heavy atom. The monoisotopic (exact) mass is 277 g/mol. The van der Waals surface area contributed by atoms with Gasteiger partial charge >= 0.3 is 0 Å². The van der Waals surface area contributed by atoms with Crippen LogP contribution in [0.3, 0.4) is 0 Å². The second kappa shape index (κ2) is 5.75. The summed E-state index contributed by atoms with van der Waals surface area (Å²) in [7, 11) is 5.77. The Morgan fingerprint density at radius 3 is 2.42 bits per heavy atom. The van der Waals surface area contributed by atoms with E-state index in [1.807, 2.05) is 43.3 Å². The molecule has 100 valence electrons. The smallest absolute Gasteiger partial charge is 0.224 e. The maximum Gasteiger partial charge on any atom is 0.224 e. The molecule has 6 heteroatoms. The van der Waals surface area contributed by atoms with Gasteiger partial charge in [0.1, 0.15) is 5.02 Å². The molecule has 19 heavy (non-hydrogen) atoms. The summed E-state index contributed by atoms with van der Waals surface area (Å²) in [6.07, 6.45) is 1.57. The van der Waals surface area contributed by atoms with Crippen LogP contribution in [0.15, 0.2) is 30.5 Å². The van der Waals surface area contributed by atoms with Crippen LogP contribution in [-0.2, 0) is 0 Å². The molecule has 2 aromatic rings. The van der Waals surface area contributed by atoms with Gasteiger partial charge in [-0.15, -0.1) is 0 Å². The lowest BCUT2D eigenvalue weighted by molar-refractivity contribution is 1.13. The van der Waals surface area contributed by atoms with E-state index in [-0.39, 0.29) is 0 Å². The van der Waals surface area contributed by atoms with Crippen LogP contribution in [0.2, 0.25) is 5.02 Å². The first kappa shape index (κ1) is 13.4. The fourth-order valence-electron chi connectivity index (χ4n) is 1.55. The lowest BCUT2D eigenvalue weighted by Gasteiger charge is -2.13. The van der Waals surface area contributed by atoms with E-state index >= 15 is 0 Å². The van der Waals surface area contributed by atoms with Crippen molar-refractivity contribution in [2.75, 3.05) is 36.7 Å². The summed E-state index contributed by atoms with van der Waals surface area (Å²) < 4.78 is 0. The molecule has 0 unspecified atom stereocenters. The number of aromatic nitrogens is 2. The minimum absolute atomic E-state index is 0.482. The highest BCUT2D eigenvalue weighted by Gasteiger charge is 2.05. The average molecular weight is 278 g/mol. The van der Waals surface area contributed by atoms with E-state index in [1.54, 1.807) is 13.2 Å². The summed E-state index contributed by atoms with van der Waals surface area (Å²) in [5.74, 6) is 1.11. The van der Waals surface area contributed by atoms with E-state index in [4.69, 9.17) is 11.6 Å². The molecule has 0 spiro atoms. The Labute approximate surface area is 117 Å². The first-order chi connectivity index (χ1) is 9.10. The summed E-state index contributed by atoms with van der Waals surface area (Å²) in [6, 6.07) is 8.01. The normalized spacial score (nSPS) is 10.1. The van der Waals surface area contributed by atoms with Crippen molar-refractivity contribution >= 4 is 34.7 Å². The number of hydrogen-bond acceptors (Lipinski definition) is 5. The van der Waals surface area contributed by atoms with Gasteiger partial charge in [-0.1, -0.05) is 11.6 Å². The zero-order chi connectivity index (χ0) is 13.8. The fourth-order valence-corrected chi connectivity index (χ4v) is 1.69. The van der Waals surface area contributed by atoms with Crippen molar-refractivity contribution in [3.05, 3.63) is 35.5 Å². The van der Waals surface area contributed by atoms with Crippen molar-refractivity contribution < 1.29 is 0 Å². The number of rotatable bonds is 4. The van der Waals surface area contributed by atoms with Crippen LogP contribution in [0.1, 0.15) is 0 Å². The maximum atomic E-state index is 6.06. The summed E-state index contributed by atoms with van der Waals surface area (Å²) in [5.41, 5.74) is 2.06. The van der Waals surface area contributed by atoms with Gasteiger partial charge in [0.2, 0.25) is 5.95 Å². The van der Waals surface area contributed by atoms with Crippen LogP contribution in [0.25, 0.3) is 0 Å². The molecule has 0 radical (unpaired) electrons. The van der Waals surface area contributed by atoms with Crippen LogP contribution in [-0.4, -0.2) is 31.1 Å². The highest BCUT2D eigenvalue weighted by Crippen LogP contribution is 2.24. The van der Waals surface area contributed by atoms with E-state index in [9.17, 15) is 0 Å². The lowest BCUT2D eigenvalue weighted by atomic mass is 10.2. The fraction of sp³-hybridized carbons (Fsp3) is 0.231. The zero-order valence-corrected chi connectivity index (χ0v) is 11.9. The number of anilines is 4. The van der Waals surface area contributed by atoms with Crippen LogP contribution in [0.4, 0.5) is 23.1 Å². The Balaban J connectivity index is 2.20. The molecule has 1 heterocycles. The lowest BCUT2D eigenvalue weighted by Crippen LogP contribution is -2.08. The topological polar surface area (TPSA) is 53.1 Å². The summed E-state index contributed by atoms with van der Waals surface area (Å²) in [5, 5.41) is 6.53. The molecule has 1 aromatic carbocycles. The molecular formula is C13H16ClN5. The van der Waals surface area contributed by atoms with Crippen molar-refractivity contribution in [3.63, 3.8) is 0 Å². The predicted molar refractivity (Wildman–Crippen MR) is 80.6 cm³/mol. The molecule has 0 aliphatic carbocycles. The Hall–Kier alpha value is -2.01. The molecule has 0 saturated heterocycles. The molecule has 0 bridgehead atoms. The standard InChI is InChI=1S/C13H16ClN5/c1-15-13-16-8-11(14)12(18-13)17-9-4-6-10(7-5-9)19(2)3/h4-8H,1-3H3,(H2,15,16,17,18). The Morgan fingerprint density at radius 2 is 1.84 bits per heavy atom. The Kier molecular flexibility index (Phi) is 4.06. The third-order valence-electron chi connectivity index (χ3n) is 2.61. The van der Waals surface area contributed by atoms with E-state index in [1.165, 1.54) is 0 Å². The average Bonchev–Trinajstić information content (AvgIpc) is 2.42. The molecule has 2 N–H and O–H groups in total. The minimum Gasteiger partial charge on any atom is -0.378 e. The highest BCUT2D eigenvalue weighted by atomic mass is 35.5. The quantitative estimate of drug-likeness (QED) is 0.900. The minimum atomic E-state index is 0.482. The summed E-state index contributed by atoms with van der Waals surface area (Å²) >= 11 is 6.06. The van der Waals surface area contributed by atoms with Gasteiger partial charge in [-0.2, -0.15) is 4.98 Å².